The lowest BCUT2D eigenvalue weighted by atomic mass is 10.1. The number of aromatic nitrogens is 2. The van der Waals surface area contributed by atoms with E-state index in [0.29, 0.717) is 36.0 Å². The highest BCUT2D eigenvalue weighted by Gasteiger charge is 2.35. The third-order valence-electron chi connectivity index (χ3n) is 4.65. The summed E-state index contributed by atoms with van der Waals surface area (Å²) < 4.78 is 10.5. The fourth-order valence-electron chi connectivity index (χ4n) is 3.18. The van der Waals surface area contributed by atoms with Gasteiger partial charge in [-0.25, -0.2) is 0 Å². The maximum atomic E-state index is 12.8. The highest BCUT2D eigenvalue weighted by atomic mass is 16.5. The number of anilines is 2. The van der Waals surface area contributed by atoms with Crippen LogP contribution in [0.2, 0.25) is 0 Å². The van der Waals surface area contributed by atoms with Gasteiger partial charge >= 0.3 is 6.01 Å². The number of nitrogens with zero attached hydrogens (tertiary/aromatic N) is 3. The van der Waals surface area contributed by atoms with Gasteiger partial charge in [0.15, 0.2) is 0 Å². The molecule has 1 aliphatic heterocycles. The molecular formula is C20H24N4O4. The van der Waals surface area contributed by atoms with E-state index in [2.05, 4.69) is 15.3 Å². The molecule has 1 aliphatic rings. The van der Waals surface area contributed by atoms with E-state index in [0.717, 1.165) is 5.69 Å². The first-order valence-corrected chi connectivity index (χ1v) is 9.16. The maximum Gasteiger partial charge on any atom is 0.316 e. The van der Waals surface area contributed by atoms with Crippen molar-refractivity contribution in [1.29, 1.82) is 0 Å². The largest absolute Gasteiger partial charge is 0.497 e. The van der Waals surface area contributed by atoms with Crippen LogP contribution in [0.4, 0.5) is 11.4 Å². The molecule has 1 fully saturated rings. The molecule has 2 heterocycles. The summed E-state index contributed by atoms with van der Waals surface area (Å²) in [7, 11) is 1.59. The Hall–Kier alpha value is -3.16. The summed E-state index contributed by atoms with van der Waals surface area (Å²) in [6.45, 7) is 6.23. The van der Waals surface area contributed by atoms with E-state index < -0.39 is 5.92 Å². The fourth-order valence-corrected chi connectivity index (χ4v) is 3.18. The molecule has 0 spiro atoms. The smallest absolute Gasteiger partial charge is 0.316 e. The van der Waals surface area contributed by atoms with Crippen LogP contribution < -0.4 is 19.7 Å². The van der Waals surface area contributed by atoms with E-state index in [4.69, 9.17) is 9.47 Å². The predicted molar refractivity (Wildman–Crippen MR) is 105 cm³/mol. The molecule has 1 aromatic carbocycles. The zero-order valence-electron chi connectivity index (χ0n) is 16.5. The summed E-state index contributed by atoms with van der Waals surface area (Å²) in [6.07, 6.45) is 0.161. The Morgan fingerprint density at radius 3 is 2.43 bits per heavy atom. The van der Waals surface area contributed by atoms with Crippen molar-refractivity contribution in [3.63, 3.8) is 0 Å². The van der Waals surface area contributed by atoms with Gasteiger partial charge in [-0.3, -0.25) is 9.59 Å². The second-order valence-electron chi connectivity index (χ2n) is 6.58. The number of benzene rings is 1. The van der Waals surface area contributed by atoms with E-state index in [-0.39, 0.29) is 24.2 Å². The van der Waals surface area contributed by atoms with Crippen molar-refractivity contribution < 1.29 is 19.1 Å². The highest BCUT2D eigenvalue weighted by Crippen LogP contribution is 2.28. The number of carbonyl (C=O) groups excluding carboxylic acids is 2. The van der Waals surface area contributed by atoms with Crippen LogP contribution >= 0.6 is 0 Å². The molecule has 2 aromatic rings. The van der Waals surface area contributed by atoms with E-state index >= 15 is 0 Å². The number of rotatable bonds is 6. The fraction of sp³-hybridized carbons (Fsp3) is 0.400. The lowest BCUT2D eigenvalue weighted by molar-refractivity contribution is -0.122. The molecular weight excluding hydrogens is 360 g/mol. The van der Waals surface area contributed by atoms with Crippen molar-refractivity contribution in [1.82, 2.24) is 9.97 Å². The van der Waals surface area contributed by atoms with Gasteiger partial charge in [-0.1, -0.05) is 0 Å². The number of carbonyl (C=O) groups is 2. The van der Waals surface area contributed by atoms with Crippen LogP contribution in [0.3, 0.4) is 0 Å². The van der Waals surface area contributed by atoms with Crippen LogP contribution in [0.5, 0.6) is 11.8 Å². The van der Waals surface area contributed by atoms with Gasteiger partial charge in [0.1, 0.15) is 5.75 Å². The minimum Gasteiger partial charge on any atom is -0.497 e. The number of nitrogens with one attached hydrogen (secondary N) is 1. The summed E-state index contributed by atoms with van der Waals surface area (Å²) in [5.41, 5.74) is 2.56. The summed E-state index contributed by atoms with van der Waals surface area (Å²) in [5.74, 6) is -0.0314. The number of hydrogen-bond acceptors (Lipinski definition) is 6. The zero-order chi connectivity index (χ0) is 20.3. The van der Waals surface area contributed by atoms with E-state index in [1.165, 1.54) is 0 Å². The Morgan fingerprint density at radius 1 is 1.21 bits per heavy atom. The Labute approximate surface area is 163 Å². The van der Waals surface area contributed by atoms with Gasteiger partial charge in [-0.2, -0.15) is 9.97 Å². The molecule has 0 radical (unpaired) electrons. The molecule has 1 saturated heterocycles. The van der Waals surface area contributed by atoms with Crippen molar-refractivity contribution in [2.24, 2.45) is 5.92 Å². The van der Waals surface area contributed by atoms with E-state index in [9.17, 15) is 9.59 Å². The minimum absolute atomic E-state index is 0.0818. The Kier molecular flexibility index (Phi) is 5.77. The molecule has 0 saturated carbocycles. The summed E-state index contributed by atoms with van der Waals surface area (Å²) in [6, 6.07) is 7.49. The van der Waals surface area contributed by atoms with Crippen LogP contribution in [0.15, 0.2) is 24.3 Å². The SMILES string of the molecule is CCOc1nc(C)c(NC(=O)C2CC(=O)N(c3ccc(OC)cc3)C2)c(C)n1. The number of aryl methyl sites for hydroxylation is 2. The standard InChI is InChI=1S/C20H24N4O4/c1-5-28-20-21-12(2)18(13(3)22-20)23-19(26)14-10-17(25)24(11-14)15-6-8-16(27-4)9-7-15/h6-9,14H,5,10-11H2,1-4H3,(H,23,26). The number of amides is 2. The van der Waals surface area contributed by atoms with Gasteiger partial charge < -0.3 is 19.7 Å². The predicted octanol–water partition coefficient (Wildman–Crippen LogP) is 2.49. The second kappa shape index (κ2) is 8.24. The van der Waals surface area contributed by atoms with Crippen LogP contribution in [-0.2, 0) is 9.59 Å². The Morgan fingerprint density at radius 2 is 1.86 bits per heavy atom. The monoisotopic (exact) mass is 384 g/mol. The first-order chi connectivity index (χ1) is 13.4. The van der Waals surface area contributed by atoms with Crippen molar-refractivity contribution in [2.75, 3.05) is 30.5 Å². The Bertz CT molecular complexity index is 859. The molecule has 8 heteroatoms. The summed E-state index contributed by atoms with van der Waals surface area (Å²) in [5, 5.41) is 2.88. The topological polar surface area (TPSA) is 93.6 Å². The van der Waals surface area contributed by atoms with Gasteiger partial charge in [-0.05, 0) is 45.0 Å². The van der Waals surface area contributed by atoms with Crippen LogP contribution in [0, 0.1) is 19.8 Å². The van der Waals surface area contributed by atoms with Gasteiger partial charge in [0.2, 0.25) is 11.8 Å². The average molecular weight is 384 g/mol. The van der Waals surface area contributed by atoms with Crippen LogP contribution in [-0.4, -0.2) is 42.0 Å². The molecule has 3 rings (SSSR count). The van der Waals surface area contributed by atoms with Gasteiger partial charge in [0.25, 0.3) is 0 Å². The number of ether oxygens (including phenoxy) is 2. The first kappa shape index (κ1) is 19.6. The van der Waals surface area contributed by atoms with Gasteiger partial charge in [-0.15, -0.1) is 0 Å². The lowest BCUT2D eigenvalue weighted by Crippen LogP contribution is -2.28. The molecule has 28 heavy (non-hydrogen) atoms. The Balaban J connectivity index is 1.71. The minimum atomic E-state index is -0.444. The molecule has 2 amide bonds. The molecule has 1 aromatic heterocycles. The van der Waals surface area contributed by atoms with Gasteiger partial charge in [0, 0.05) is 18.7 Å². The molecule has 1 atom stereocenters. The van der Waals surface area contributed by atoms with Crippen molar-refractivity contribution >= 4 is 23.2 Å². The average Bonchev–Trinajstić information content (AvgIpc) is 3.07. The third kappa shape index (κ3) is 4.05. The highest BCUT2D eigenvalue weighted by molar-refractivity contribution is 6.03. The molecule has 1 unspecified atom stereocenters. The molecule has 0 bridgehead atoms. The normalized spacial score (nSPS) is 16.2. The second-order valence-corrected chi connectivity index (χ2v) is 6.58. The van der Waals surface area contributed by atoms with Crippen molar-refractivity contribution in [3.05, 3.63) is 35.7 Å². The van der Waals surface area contributed by atoms with Crippen molar-refractivity contribution in [2.45, 2.75) is 27.2 Å². The van der Waals surface area contributed by atoms with Crippen LogP contribution in [0.25, 0.3) is 0 Å². The number of methoxy groups -OCH3 is 1. The molecule has 1 N–H and O–H groups in total. The molecule has 8 nitrogen and oxygen atoms in total. The maximum absolute atomic E-state index is 12.8. The summed E-state index contributed by atoms with van der Waals surface area (Å²) in [4.78, 5) is 35.3. The summed E-state index contributed by atoms with van der Waals surface area (Å²) >= 11 is 0. The third-order valence-corrected chi connectivity index (χ3v) is 4.65. The van der Waals surface area contributed by atoms with Crippen LogP contribution in [0.1, 0.15) is 24.7 Å². The van der Waals surface area contributed by atoms with Gasteiger partial charge in [0.05, 0.1) is 36.7 Å². The van der Waals surface area contributed by atoms with E-state index in [1.807, 2.05) is 19.1 Å². The lowest BCUT2D eigenvalue weighted by Gasteiger charge is -2.17. The van der Waals surface area contributed by atoms with E-state index in [1.54, 1.807) is 38.0 Å². The molecule has 148 valence electrons. The quantitative estimate of drug-likeness (QED) is 0.822. The first-order valence-electron chi connectivity index (χ1n) is 9.16. The molecule has 0 aliphatic carbocycles. The zero-order valence-corrected chi connectivity index (χ0v) is 16.5. The number of hydrogen-bond donors (Lipinski definition) is 1. The van der Waals surface area contributed by atoms with Crippen molar-refractivity contribution in [3.8, 4) is 11.8 Å².